The first kappa shape index (κ1) is 21.7. The Bertz CT molecular complexity index is 1110. The summed E-state index contributed by atoms with van der Waals surface area (Å²) in [5.41, 5.74) is 3.70. The number of ether oxygens (including phenoxy) is 1. The van der Waals surface area contributed by atoms with E-state index in [0.29, 0.717) is 32.8 Å². The van der Waals surface area contributed by atoms with Crippen LogP contribution >= 0.6 is 22.9 Å². The average molecular weight is 446 g/mol. The van der Waals surface area contributed by atoms with Gasteiger partial charge in [-0.3, -0.25) is 19.8 Å². The van der Waals surface area contributed by atoms with Crippen molar-refractivity contribution in [3.8, 4) is 5.75 Å². The third-order valence-electron chi connectivity index (χ3n) is 4.42. The van der Waals surface area contributed by atoms with Gasteiger partial charge in [-0.05, 0) is 50.1 Å². The summed E-state index contributed by atoms with van der Waals surface area (Å²) in [6, 6.07) is 8.36. The van der Waals surface area contributed by atoms with Crippen LogP contribution in [0.1, 0.15) is 29.3 Å². The number of aromatic nitrogens is 1. The fourth-order valence-corrected chi connectivity index (χ4v) is 4.39. The lowest BCUT2D eigenvalue weighted by atomic mass is 10.1. The summed E-state index contributed by atoms with van der Waals surface area (Å²) in [5.74, 6) is 0.310. The number of hydrogen-bond donors (Lipinski definition) is 0. The molecule has 1 amide bonds. The van der Waals surface area contributed by atoms with E-state index < -0.39 is 4.92 Å². The number of halogens is 1. The van der Waals surface area contributed by atoms with Crippen molar-refractivity contribution in [2.24, 2.45) is 0 Å². The van der Waals surface area contributed by atoms with Crippen LogP contribution in [0, 0.1) is 30.9 Å². The van der Waals surface area contributed by atoms with E-state index in [1.807, 2.05) is 26.0 Å². The Morgan fingerprint density at radius 1 is 1.23 bits per heavy atom. The highest BCUT2D eigenvalue weighted by atomic mass is 35.5. The van der Waals surface area contributed by atoms with Crippen molar-refractivity contribution in [1.82, 2.24) is 4.98 Å². The minimum absolute atomic E-state index is 0.0424. The zero-order chi connectivity index (χ0) is 22.0. The monoisotopic (exact) mass is 445 g/mol. The van der Waals surface area contributed by atoms with Crippen LogP contribution in [0.15, 0.2) is 35.7 Å². The van der Waals surface area contributed by atoms with Crippen LogP contribution in [0.4, 0.5) is 16.5 Å². The molecular weight excluding hydrogens is 426 g/mol. The molecular formula is C21H20ClN3O4S. The van der Waals surface area contributed by atoms with Gasteiger partial charge in [0.05, 0.1) is 21.3 Å². The maximum absolute atomic E-state index is 12.4. The number of nitro benzene ring substituents is 1. The molecule has 0 aliphatic heterocycles. The Kier molecular flexibility index (Phi) is 6.38. The van der Waals surface area contributed by atoms with Gasteiger partial charge in [-0.15, -0.1) is 11.3 Å². The molecule has 3 aromatic rings. The average Bonchev–Trinajstić information content (AvgIpc) is 3.10. The third kappa shape index (κ3) is 4.60. The first-order chi connectivity index (χ1) is 14.2. The van der Waals surface area contributed by atoms with E-state index in [1.165, 1.54) is 29.2 Å². The zero-order valence-corrected chi connectivity index (χ0v) is 18.5. The Hall–Kier alpha value is -2.97. The van der Waals surface area contributed by atoms with Gasteiger partial charge in [0.25, 0.3) is 5.69 Å². The standard InChI is InChI=1S/C21H20ClN3O4S/c1-12-7-14(3)20(18(22)8-12)24(15(4)26)21-23-16(11-30-21)10-29-17-5-6-19(25(27)28)13(2)9-17/h5-9,11H,10H2,1-4H3. The molecule has 7 nitrogen and oxygen atoms in total. The lowest BCUT2D eigenvalue weighted by molar-refractivity contribution is -0.385. The van der Waals surface area contributed by atoms with Crippen LogP contribution in [0.25, 0.3) is 0 Å². The van der Waals surface area contributed by atoms with E-state index >= 15 is 0 Å². The van der Waals surface area contributed by atoms with E-state index in [4.69, 9.17) is 16.3 Å². The molecule has 2 aromatic carbocycles. The van der Waals surface area contributed by atoms with E-state index in [0.717, 1.165) is 11.1 Å². The fourth-order valence-electron chi connectivity index (χ4n) is 3.12. The van der Waals surface area contributed by atoms with Crippen molar-refractivity contribution >= 4 is 45.4 Å². The number of nitro groups is 1. The number of rotatable bonds is 6. The summed E-state index contributed by atoms with van der Waals surface area (Å²) in [4.78, 5) is 28.9. The summed E-state index contributed by atoms with van der Waals surface area (Å²) >= 11 is 7.74. The first-order valence-corrected chi connectivity index (χ1v) is 10.3. The predicted molar refractivity (Wildman–Crippen MR) is 118 cm³/mol. The maximum Gasteiger partial charge on any atom is 0.272 e. The lowest BCUT2D eigenvalue weighted by Gasteiger charge is -2.22. The summed E-state index contributed by atoms with van der Waals surface area (Å²) in [6.07, 6.45) is 0. The molecule has 3 rings (SSSR count). The van der Waals surface area contributed by atoms with Gasteiger partial charge in [-0.25, -0.2) is 4.98 Å². The topological polar surface area (TPSA) is 85.6 Å². The number of anilines is 2. The molecule has 0 spiro atoms. The van der Waals surface area contributed by atoms with Gasteiger partial charge in [0.2, 0.25) is 5.91 Å². The molecule has 156 valence electrons. The molecule has 0 N–H and O–H groups in total. The largest absolute Gasteiger partial charge is 0.487 e. The summed E-state index contributed by atoms with van der Waals surface area (Å²) in [6.45, 7) is 7.13. The van der Waals surface area contributed by atoms with Crippen LogP contribution in [0.3, 0.4) is 0 Å². The van der Waals surface area contributed by atoms with Crippen molar-refractivity contribution in [1.29, 1.82) is 0 Å². The van der Waals surface area contributed by atoms with Gasteiger partial charge < -0.3 is 4.74 Å². The van der Waals surface area contributed by atoms with Gasteiger partial charge in [-0.1, -0.05) is 17.7 Å². The van der Waals surface area contributed by atoms with Gasteiger partial charge in [0.15, 0.2) is 5.13 Å². The number of carbonyl (C=O) groups is 1. The highest BCUT2D eigenvalue weighted by molar-refractivity contribution is 7.14. The van der Waals surface area contributed by atoms with Crippen molar-refractivity contribution in [3.05, 3.63) is 73.2 Å². The van der Waals surface area contributed by atoms with E-state index in [9.17, 15) is 14.9 Å². The Balaban J connectivity index is 1.82. The van der Waals surface area contributed by atoms with Crippen molar-refractivity contribution in [2.75, 3.05) is 4.90 Å². The van der Waals surface area contributed by atoms with Gasteiger partial charge in [0.1, 0.15) is 12.4 Å². The van der Waals surface area contributed by atoms with Gasteiger partial charge in [0, 0.05) is 23.9 Å². The molecule has 0 aliphatic rings. The minimum atomic E-state index is -0.430. The number of amides is 1. The van der Waals surface area contributed by atoms with Crippen LogP contribution in [0.2, 0.25) is 5.02 Å². The number of benzene rings is 2. The van der Waals surface area contributed by atoms with Crippen molar-refractivity contribution in [3.63, 3.8) is 0 Å². The number of aryl methyl sites for hydroxylation is 3. The molecule has 0 radical (unpaired) electrons. The van der Waals surface area contributed by atoms with Gasteiger partial charge >= 0.3 is 0 Å². The van der Waals surface area contributed by atoms with Crippen LogP contribution < -0.4 is 9.64 Å². The van der Waals surface area contributed by atoms with Crippen LogP contribution in [-0.4, -0.2) is 15.8 Å². The molecule has 0 saturated heterocycles. The van der Waals surface area contributed by atoms with Gasteiger partial charge in [-0.2, -0.15) is 0 Å². The first-order valence-electron chi connectivity index (χ1n) is 9.07. The molecule has 0 unspecified atom stereocenters. The quantitative estimate of drug-likeness (QED) is 0.348. The van der Waals surface area contributed by atoms with Crippen LogP contribution in [0.5, 0.6) is 5.75 Å². The molecule has 1 aromatic heterocycles. The summed E-state index contributed by atoms with van der Waals surface area (Å²) < 4.78 is 5.72. The van der Waals surface area contributed by atoms with E-state index in [2.05, 4.69) is 4.98 Å². The molecule has 0 fully saturated rings. The maximum atomic E-state index is 12.4. The Morgan fingerprint density at radius 2 is 1.97 bits per heavy atom. The van der Waals surface area contributed by atoms with E-state index in [-0.39, 0.29) is 18.2 Å². The molecule has 0 saturated carbocycles. The SMILES string of the molecule is CC(=O)N(c1nc(COc2ccc([N+](=O)[O-])c(C)c2)cs1)c1c(C)cc(C)cc1Cl. The molecule has 30 heavy (non-hydrogen) atoms. The van der Waals surface area contributed by atoms with Crippen molar-refractivity contribution < 1.29 is 14.5 Å². The number of nitrogens with zero attached hydrogens (tertiary/aromatic N) is 3. The zero-order valence-electron chi connectivity index (χ0n) is 16.9. The Labute approximate surface area is 183 Å². The molecule has 1 heterocycles. The summed E-state index contributed by atoms with van der Waals surface area (Å²) in [5, 5.41) is 13.7. The second-order valence-corrected chi connectivity index (χ2v) is 8.13. The normalized spacial score (nSPS) is 10.7. The summed E-state index contributed by atoms with van der Waals surface area (Å²) in [7, 11) is 0. The highest BCUT2D eigenvalue weighted by Gasteiger charge is 2.23. The van der Waals surface area contributed by atoms with E-state index in [1.54, 1.807) is 24.4 Å². The van der Waals surface area contributed by atoms with Crippen molar-refractivity contribution in [2.45, 2.75) is 34.3 Å². The second-order valence-electron chi connectivity index (χ2n) is 6.88. The highest BCUT2D eigenvalue weighted by Crippen LogP contribution is 2.37. The second kappa shape index (κ2) is 8.81. The molecule has 0 bridgehead atoms. The predicted octanol–water partition coefficient (Wildman–Crippen LogP) is 5.89. The number of carbonyl (C=O) groups excluding carboxylic acids is 1. The fraction of sp³-hybridized carbons (Fsp3) is 0.238. The third-order valence-corrected chi connectivity index (χ3v) is 5.58. The smallest absolute Gasteiger partial charge is 0.272 e. The minimum Gasteiger partial charge on any atom is -0.487 e. The van der Waals surface area contributed by atoms with Crippen LogP contribution in [-0.2, 0) is 11.4 Å². The number of hydrogen-bond acceptors (Lipinski definition) is 6. The molecule has 0 atom stereocenters. The lowest BCUT2D eigenvalue weighted by Crippen LogP contribution is -2.24. The molecule has 9 heteroatoms. The molecule has 0 aliphatic carbocycles. The Morgan fingerprint density at radius 3 is 2.57 bits per heavy atom. The number of thiazole rings is 1.